The van der Waals surface area contributed by atoms with Crippen LogP contribution in [0.4, 0.5) is 11.4 Å². The Morgan fingerprint density at radius 1 is 1.06 bits per heavy atom. The maximum absolute atomic E-state index is 12.8. The molecule has 1 atom stereocenters. The fraction of sp³-hybridized carbons (Fsp3) is 0.360. The van der Waals surface area contributed by atoms with E-state index >= 15 is 0 Å². The molecular weight excluding hydrogens is 406 g/mol. The van der Waals surface area contributed by atoms with Gasteiger partial charge in [0.05, 0.1) is 32.2 Å². The zero-order valence-electron chi connectivity index (χ0n) is 19.0. The number of fused-ring (bicyclic) bond motifs is 1. The third kappa shape index (κ3) is 3.90. The highest BCUT2D eigenvalue weighted by Gasteiger charge is 2.30. The first kappa shape index (κ1) is 21.7. The number of rotatable bonds is 6. The number of methoxy groups -OCH3 is 2. The molecule has 0 radical (unpaired) electrons. The number of nitrogens with zero attached hydrogens (tertiary/aromatic N) is 3. The van der Waals surface area contributed by atoms with Gasteiger partial charge in [0.2, 0.25) is 0 Å². The minimum Gasteiger partial charge on any atom is -0.495 e. The number of carbonyl (C=O) groups is 1. The summed E-state index contributed by atoms with van der Waals surface area (Å²) in [5.74, 6) is 1.18. The average Bonchev–Trinajstić information content (AvgIpc) is 2.83. The van der Waals surface area contributed by atoms with Gasteiger partial charge in [-0.2, -0.15) is 0 Å². The monoisotopic (exact) mass is 435 g/mol. The van der Waals surface area contributed by atoms with Crippen LogP contribution >= 0.6 is 0 Å². The van der Waals surface area contributed by atoms with E-state index in [-0.39, 0.29) is 12.0 Å². The second-order valence-corrected chi connectivity index (χ2v) is 7.76. The number of hydrogen-bond donors (Lipinski definition) is 0. The van der Waals surface area contributed by atoms with Gasteiger partial charge in [-0.15, -0.1) is 0 Å². The number of pyridine rings is 1. The van der Waals surface area contributed by atoms with Gasteiger partial charge in [0.1, 0.15) is 22.6 Å². The number of para-hydroxylation sites is 3. The number of hydrogen-bond acceptors (Lipinski definition) is 7. The van der Waals surface area contributed by atoms with E-state index in [4.69, 9.17) is 14.2 Å². The lowest BCUT2D eigenvalue weighted by atomic mass is 10.0. The molecule has 32 heavy (non-hydrogen) atoms. The highest BCUT2D eigenvalue weighted by atomic mass is 16.5. The van der Waals surface area contributed by atoms with Crippen LogP contribution in [0.5, 0.6) is 11.5 Å². The van der Waals surface area contributed by atoms with Gasteiger partial charge in [-0.05, 0) is 32.0 Å². The van der Waals surface area contributed by atoms with Crippen molar-refractivity contribution in [3.63, 3.8) is 0 Å². The number of esters is 1. The molecule has 1 aliphatic rings. The maximum Gasteiger partial charge on any atom is 0.341 e. The Balaban J connectivity index is 1.75. The van der Waals surface area contributed by atoms with Crippen molar-refractivity contribution in [1.82, 2.24) is 4.98 Å². The van der Waals surface area contributed by atoms with Gasteiger partial charge in [-0.1, -0.05) is 24.3 Å². The predicted octanol–water partition coefficient (Wildman–Crippen LogP) is 4.14. The van der Waals surface area contributed by atoms with Crippen LogP contribution in [0.2, 0.25) is 0 Å². The van der Waals surface area contributed by atoms with Crippen LogP contribution in [0, 0.1) is 0 Å². The molecule has 3 aromatic rings. The van der Waals surface area contributed by atoms with Gasteiger partial charge >= 0.3 is 5.97 Å². The quantitative estimate of drug-likeness (QED) is 0.539. The molecule has 4 rings (SSSR count). The number of aromatic nitrogens is 1. The molecule has 0 spiro atoms. The summed E-state index contributed by atoms with van der Waals surface area (Å²) in [4.78, 5) is 22.0. The number of ether oxygens (including phenoxy) is 3. The summed E-state index contributed by atoms with van der Waals surface area (Å²) < 4.78 is 16.4. The maximum atomic E-state index is 12.8. The molecule has 1 aliphatic heterocycles. The SMILES string of the molecule is CCOC(=O)c1cnc2c(OC)cccc2c1N1CCN(c2ccccc2OC)CC1C. The molecule has 0 saturated carbocycles. The van der Waals surface area contributed by atoms with Crippen molar-refractivity contribution in [2.45, 2.75) is 19.9 Å². The van der Waals surface area contributed by atoms with Gasteiger partial charge < -0.3 is 24.0 Å². The van der Waals surface area contributed by atoms with Crippen molar-refractivity contribution >= 4 is 28.2 Å². The number of carbonyl (C=O) groups excluding carboxylic acids is 1. The molecule has 0 bridgehead atoms. The summed E-state index contributed by atoms with van der Waals surface area (Å²) >= 11 is 0. The molecule has 0 aliphatic carbocycles. The highest BCUT2D eigenvalue weighted by Crippen LogP contribution is 2.37. The normalized spacial score (nSPS) is 16.2. The molecule has 1 saturated heterocycles. The van der Waals surface area contributed by atoms with Crippen LogP contribution in [-0.2, 0) is 4.74 Å². The van der Waals surface area contributed by atoms with E-state index in [1.54, 1.807) is 20.4 Å². The second-order valence-electron chi connectivity index (χ2n) is 7.76. The minimum absolute atomic E-state index is 0.138. The average molecular weight is 436 g/mol. The molecule has 1 aromatic heterocycles. The Hall–Kier alpha value is -3.48. The van der Waals surface area contributed by atoms with Crippen molar-refractivity contribution in [1.29, 1.82) is 0 Å². The Bertz CT molecular complexity index is 1120. The zero-order chi connectivity index (χ0) is 22.7. The summed E-state index contributed by atoms with van der Waals surface area (Å²) in [5.41, 5.74) is 3.13. The Labute approximate surface area is 188 Å². The van der Waals surface area contributed by atoms with E-state index < -0.39 is 0 Å². The molecule has 168 valence electrons. The Morgan fingerprint density at radius 2 is 1.81 bits per heavy atom. The standard InChI is InChI=1S/C25H29N3O4/c1-5-32-25(29)19-15-26-23-18(9-8-12-22(23)31-4)24(19)28-14-13-27(16-17(28)2)20-10-6-7-11-21(20)30-3/h6-12,15,17H,5,13-14,16H2,1-4H3. The number of piperazine rings is 1. The summed E-state index contributed by atoms with van der Waals surface area (Å²) in [6, 6.07) is 14.0. The van der Waals surface area contributed by atoms with Crippen molar-refractivity contribution < 1.29 is 19.0 Å². The molecule has 0 amide bonds. The largest absolute Gasteiger partial charge is 0.495 e. The summed E-state index contributed by atoms with van der Waals surface area (Å²) in [6.07, 6.45) is 1.61. The summed E-state index contributed by atoms with van der Waals surface area (Å²) in [7, 11) is 3.32. The van der Waals surface area contributed by atoms with Gasteiger partial charge in [0, 0.05) is 37.3 Å². The number of benzene rings is 2. The lowest BCUT2D eigenvalue weighted by Crippen LogP contribution is -2.52. The van der Waals surface area contributed by atoms with Crippen LogP contribution in [0.1, 0.15) is 24.2 Å². The van der Waals surface area contributed by atoms with Gasteiger partial charge in [0.15, 0.2) is 0 Å². The third-order valence-corrected chi connectivity index (χ3v) is 5.89. The van der Waals surface area contributed by atoms with Gasteiger partial charge in [-0.3, -0.25) is 4.98 Å². The van der Waals surface area contributed by atoms with E-state index in [9.17, 15) is 4.79 Å². The fourth-order valence-corrected chi connectivity index (χ4v) is 4.41. The van der Waals surface area contributed by atoms with Crippen LogP contribution < -0.4 is 19.3 Å². The number of anilines is 2. The van der Waals surface area contributed by atoms with Gasteiger partial charge in [-0.25, -0.2) is 4.79 Å². The van der Waals surface area contributed by atoms with E-state index in [0.29, 0.717) is 17.9 Å². The molecule has 7 nitrogen and oxygen atoms in total. The molecule has 0 N–H and O–H groups in total. The second kappa shape index (κ2) is 9.34. The summed E-state index contributed by atoms with van der Waals surface area (Å²) in [6.45, 7) is 6.61. The van der Waals surface area contributed by atoms with E-state index in [0.717, 1.165) is 47.7 Å². The first-order valence-electron chi connectivity index (χ1n) is 10.9. The highest BCUT2D eigenvalue weighted by molar-refractivity contribution is 6.06. The third-order valence-electron chi connectivity index (χ3n) is 5.89. The molecule has 2 heterocycles. The van der Waals surface area contributed by atoms with E-state index in [1.807, 2.05) is 43.3 Å². The lowest BCUT2D eigenvalue weighted by Gasteiger charge is -2.43. The first-order chi connectivity index (χ1) is 15.6. The van der Waals surface area contributed by atoms with Crippen molar-refractivity contribution in [3.8, 4) is 11.5 Å². The van der Waals surface area contributed by atoms with E-state index in [1.165, 1.54) is 0 Å². The summed E-state index contributed by atoms with van der Waals surface area (Å²) in [5, 5.41) is 0.882. The Morgan fingerprint density at radius 3 is 2.53 bits per heavy atom. The molecule has 1 fully saturated rings. The fourth-order valence-electron chi connectivity index (χ4n) is 4.41. The van der Waals surface area contributed by atoms with Crippen LogP contribution in [-0.4, -0.2) is 57.5 Å². The van der Waals surface area contributed by atoms with Crippen LogP contribution in [0.15, 0.2) is 48.7 Å². The van der Waals surface area contributed by atoms with Crippen LogP contribution in [0.3, 0.4) is 0 Å². The van der Waals surface area contributed by atoms with Crippen molar-refractivity contribution in [2.24, 2.45) is 0 Å². The molecule has 1 unspecified atom stereocenters. The van der Waals surface area contributed by atoms with Crippen molar-refractivity contribution in [3.05, 3.63) is 54.2 Å². The lowest BCUT2D eigenvalue weighted by molar-refractivity contribution is 0.0526. The topological polar surface area (TPSA) is 64.1 Å². The van der Waals surface area contributed by atoms with Gasteiger partial charge in [0.25, 0.3) is 0 Å². The molecule has 7 heteroatoms. The Kier molecular flexibility index (Phi) is 6.35. The smallest absolute Gasteiger partial charge is 0.341 e. The zero-order valence-corrected chi connectivity index (χ0v) is 19.0. The van der Waals surface area contributed by atoms with Crippen LogP contribution in [0.25, 0.3) is 10.9 Å². The molecular formula is C25H29N3O4. The molecule has 2 aromatic carbocycles. The predicted molar refractivity (Wildman–Crippen MR) is 126 cm³/mol. The van der Waals surface area contributed by atoms with Crippen molar-refractivity contribution in [2.75, 3.05) is 50.3 Å². The minimum atomic E-state index is -0.362. The van der Waals surface area contributed by atoms with E-state index in [2.05, 4.69) is 27.8 Å². The first-order valence-corrected chi connectivity index (χ1v) is 10.9.